The number of aromatic carboxylic acids is 1. The second-order valence-electron chi connectivity index (χ2n) is 14.0. The van der Waals surface area contributed by atoms with E-state index >= 15 is 0 Å². The maximum absolute atomic E-state index is 12.4. The van der Waals surface area contributed by atoms with Gasteiger partial charge in [-0.15, -0.1) is 0 Å². The Morgan fingerprint density at radius 2 is 1.84 bits per heavy atom. The van der Waals surface area contributed by atoms with Crippen LogP contribution in [0.5, 0.6) is 5.88 Å². The molecule has 2 aromatic heterocycles. The Hall–Kier alpha value is -4.04. The molecule has 3 fully saturated rings. The number of ether oxygens (including phenoxy) is 1. The van der Waals surface area contributed by atoms with Crippen molar-refractivity contribution in [3.8, 4) is 5.88 Å². The first-order valence-electron chi connectivity index (χ1n) is 16.7. The van der Waals surface area contributed by atoms with Crippen molar-refractivity contribution in [2.24, 2.45) is 5.41 Å². The van der Waals surface area contributed by atoms with Crippen molar-refractivity contribution in [1.82, 2.24) is 14.9 Å². The van der Waals surface area contributed by atoms with Crippen molar-refractivity contribution in [1.29, 1.82) is 0 Å². The van der Waals surface area contributed by atoms with Crippen molar-refractivity contribution in [3.05, 3.63) is 77.5 Å². The number of rotatable bonds is 6. The lowest BCUT2D eigenvalue weighted by Crippen LogP contribution is -2.55. The zero-order chi connectivity index (χ0) is 30.7. The van der Waals surface area contributed by atoms with Gasteiger partial charge in [0.15, 0.2) is 0 Å². The van der Waals surface area contributed by atoms with E-state index in [1.807, 2.05) is 24.4 Å². The number of carboxylic acids is 1. The molecule has 0 bridgehead atoms. The van der Waals surface area contributed by atoms with Gasteiger partial charge in [-0.1, -0.05) is 38.1 Å². The second-order valence-corrected chi connectivity index (χ2v) is 14.0. The van der Waals surface area contributed by atoms with Gasteiger partial charge in [0.1, 0.15) is 17.9 Å². The van der Waals surface area contributed by atoms with Crippen LogP contribution in [-0.4, -0.2) is 64.8 Å². The molecular weight excluding hydrogens is 562 g/mol. The number of carboxylic acid groups (broad SMARTS) is 1. The lowest BCUT2D eigenvalue weighted by Gasteiger charge is -2.56. The molecule has 0 unspecified atom stereocenters. The average Bonchev–Trinajstić information content (AvgIpc) is 3.71. The van der Waals surface area contributed by atoms with E-state index in [4.69, 9.17) is 4.74 Å². The summed E-state index contributed by atoms with van der Waals surface area (Å²) >= 11 is 0. The molecule has 1 spiro atoms. The van der Waals surface area contributed by atoms with Crippen LogP contribution in [0.1, 0.15) is 85.8 Å². The van der Waals surface area contributed by atoms with Gasteiger partial charge in [-0.05, 0) is 97.9 Å². The largest absolute Gasteiger partial charge is 0.478 e. The molecule has 2 saturated heterocycles. The molecule has 2 N–H and O–H groups in total. The Morgan fingerprint density at radius 3 is 2.64 bits per heavy atom. The predicted molar refractivity (Wildman–Crippen MR) is 178 cm³/mol. The summed E-state index contributed by atoms with van der Waals surface area (Å²) in [5.41, 5.74) is 7.17. The van der Waals surface area contributed by atoms with E-state index in [2.05, 4.69) is 68.8 Å². The van der Waals surface area contributed by atoms with E-state index in [-0.39, 0.29) is 0 Å². The summed E-state index contributed by atoms with van der Waals surface area (Å²) in [6.45, 7) is 8.88. The quantitative estimate of drug-likeness (QED) is 0.235. The fraction of sp³-hybridized carbons (Fsp3) is 0.459. The van der Waals surface area contributed by atoms with Crippen LogP contribution in [0.25, 0.3) is 11.0 Å². The maximum atomic E-state index is 12.4. The Kier molecular flexibility index (Phi) is 7.01. The van der Waals surface area contributed by atoms with Gasteiger partial charge in [-0.25, -0.2) is 4.79 Å². The molecule has 0 radical (unpaired) electrons. The standard InChI is InChI=1S/C37H43N5O3/c1-24(2)28-6-3-4-7-29(28)31-8-5-15-41(31)27-22-37(23-27)12-16-40(17-13-37)26-9-10-30(36(43)44)32(21-26)42-18-19-45-35-33(42)20-25-11-14-38-34(25)39-35/h3-4,6-7,9-11,14,20-21,24,27,31H,5,8,12-13,15-19,22-23H2,1-2H3,(H,38,39)(H,43,44)/t31-/m0/s1. The summed E-state index contributed by atoms with van der Waals surface area (Å²) in [4.78, 5) is 27.5. The average molecular weight is 606 g/mol. The van der Waals surface area contributed by atoms with Crippen molar-refractivity contribution in [2.45, 2.75) is 70.4 Å². The lowest BCUT2D eigenvalue weighted by molar-refractivity contribution is -0.0227. The fourth-order valence-corrected chi connectivity index (χ4v) is 8.70. The van der Waals surface area contributed by atoms with Gasteiger partial charge in [0.25, 0.3) is 0 Å². The number of piperidine rings is 1. The number of hydrogen-bond donors (Lipinski definition) is 2. The van der Waals surface area contributed by atoms with Gasteiger partial charge >= 0.3 is 5.97 Å². The van der Waals surface area contributed by atoms with E-state index in [0.29, 0.717) is 53.7 Å². The molecule has 45 heavy (non-hydrogen) atoms. The molecule has 0 amide bonds. The number of aromatic nitrogens is 2. The van der Waals surface area contributed by atoms with Crippen molar-refractivity contribution in [3.63, 3.8) is 0 Å². The third-order valence-electron chi connectivity index (χ3n) is 11.1. The second kappa shape index (κ2) is 11.1. The highest BCUT2D eigenvalue weighted by atomic mass is 16.5. The molecule has 1 atom stereocenters. The third-order valence-corrected chi connectivity index (χ3v) is 11.1. The highest BCUT2D eigenvalue weighted by Gasteiger charge is 2.50. The van der Waals surface area contributed by atoms with Crippen LogP contribution in [0.4, 0.5) is 17.1 Å². The highest BCUT2D eigenvalue weighted by molar-refractivity contribution is 5.97. The van der Waals surface area contributed by atoms with Gasteiger partial charge in [0, 0.05) is 42.4 Å². The van der Waals surface area contributed by atoms with E-state index in [1.54, 1.807) is 11.6 Å². The number of hydrogen-bond acceptors (Lipinski definition) is 6. The minimum absolute atomic E-state index is 0.301. The van der Waals surface area contributed by atoms with Crippen LogP contribution in [-0.2, 0) is 0 Å². The summed E-state index contributed by atoms with van der Waals surface area (Å²) < 4.78 is 5.90. The summed E-state index contributed by atoms with van der Waals surface area (Å²) in [5.74, 6) is 0.163. The molecule has 1 saturated carbocycles. The molecule has 234 valence electrons. The first-order chi connectivity index (χ1) is 21.9. The number of carbonyl (C=O) groups is 1. The summed E-state index contributed by atoms with van der Waals surface area (Å²) in [5, 5.41) is 11.1. The minimum atomic E-state index is -0.922. The van der Waals surface area contributed by atoms with Gasteiger partial charge in [-0.3, -0.25) is 4.90 Å². The molecule has 8 nitrogen and oxygen atoms in total. The third kappa shape index (κ3) is 4.94. The fourth-order valence-electron chi connectivity index (χ4n) is 8.70. The topological polar surface area (TPSA) is 84.9 Å². The number of nitrogens with one attached hydrogen (secondary N) is 1. The number of aromatic amines is 1. The van der Waals surface area contributed by atoms with Gasteiger partial charge < -0.3 is 24.6 Å². The van der Waals surface area contributed by atoms with Crippen molar-refractivity contribution in [2.75, 3.05) is 42.6 Å². The van der Waals surface area contributed by atoms with Crippen LogP contribution in [0.3, 0.4) is 0 Å². The minimum Gasteiger partial charge on any atom is -0.478 e. The zero-order valence-corrected chi connectivity index (χ0v) is 26.3. The number of likely N-dealkylation sites (tertiary alicyclic amines) is 1. The van der Waals surface area contributed by atoms with Crippen molar-refractivity contribution < 1.29 is 14.6 Å². The SMILES string of the molecule is CC(C)c1ccccc1[C@@H]1CCCN1C1CC2(CCN(c3ccc(C(=O)O)c(N4CCOc5nc6[nH]ccc6cc54)c3)CC2)C1. The Bertz CT molecular complexity index is 1730. The van der Waals surface area contributed by atoms with Gasteiger partial charge in [-0.2, -0.15) is 4.98 Å². The monoisotopic (exact) mass is 605 g/mol. The number of pyridine rings is 1. The molecule has 8 heteroatoms. The smallest absolute Gasteiger partial charge is 0.337 e. The van der Waals surface area contributed by atoms with Crippen LogP contribution < -0.4 is 14.5 Å². The van der Waals surface area contributed by atoms with Crippen molar-refractivity contribution >= 4 is 34.1 Å². The number of H-pyrrole nitrogens is 1. The summed E-state index contributed by atoms with van der Waals surface area (Å²) in [6.07, 6.45) is 9.41. The van der Waals surface area contributed by atoms with Crippen LogP contribution in [0, 0.1) is 5.41 Å². The first kappa shape index (κ1) is 28.4. The van der Waals surface area contributed by atoms with Crippen LogP contribution >= 0.6 is 0 Å². The molecule has 1 aliphatic carbocycles. The van der Waals surface area contributed by atoms with E-state index in [9.17, 15) is 9.90 Å². The molecular formula is C37H43N5O3. The molecule has 4 aromatic rings. The molecule has 3 aliphatic heterocycles. The number of fused-ring (bicyclic) bond motifs is 2. The Labute approximate surface area is 265 Å². The normalized spacial score (nSPS) is 21.7. The molecule has 2 aromatic carbocycles. The first-order valence-corrected chi connectivity index (χ1v) is 16.7. The molecule has 5 heterocycles. The van der Waals surface area contributed by atoms with E-state index in [0.717, 1.165) is 35.5 Å². The van der Waals surface area contributed by atoms with E-state index in [1.165, 1.54) is 50.6 Å². The lowest BCUT2D eigenvalue weighted by atomic mass is 9.59. The Morgan fingerprint density at radius 1 is 1.02 bits per heavy atom. The number of anilines is 3. The predicted octanol–water partition coefficient (Wildman–Crippen LogP) is 7.50. The van der Waals surface area contributed by atoms with Crippen LogP contribution in [0.15, 0.2) is 60.8 Å². The van der Waals surface area contributed by atoms with Crippen LogP contribution in [0.2, 0.25) is 0 Å². The van der Waals surface area contributed by atoms with E-state index < -0.39 is 5.97 Å². The number of benzene rings is 2. The Balaban J connectivity index is 0.981. The molecule has 4 aliphatic rings. The molecule has 8 rings (SSSR count). The summed E-state index contributed by atoms with van der Waals surface area (Å²) in [6, 6.07) is 20.2. The maximum Gasteiger partial charge on any atom is 0.337 e. The highest BCUT2D eigenvalue weighted by Crippen LogP contribution is 2.54. The van der Waals surface area contributed by atoms with Gasteiger partial charge in [0.05, 0.1) is 17.8 Å². The number of nitrogens with zero attached hydrogens (tertiary/aromatic N) is 4. The zero-order valence-electron chi connectivity index (χ0n) is 26.3. The summed E-state index contributed by atoms with van der Waals surface area (Å²) in [7, 11) is 0. The van der Waals surface area contributed by atoms with Gasteiger partial charge in [0.2, 0.25) is 5.88 Å².